The number of hydrogen-bond donors (Lipinski definition) is 0. The third-order valence-corrected chi connectivity index (χ3v) is 2.79. The second-order valence-electron chi connectivity index (χ2n) is 4.15. The van der Waals surface area contributed by atoms with Crippen molar-refractivity contribution in [2.75, 3.05) is 6.61 Å². The second-order valence-corrected chi connectivity index (χ2v) is 4.15. The first-order chi connectivity index (χ1) is 8.08. The SMILES string of the molecule is C=C1COC(=C)N1N=Cc1ccc(C)c(C)c1. The fourth-order valence-electron chi connectivity index (χ4n) is 1.58. The molecule has 2 rings (SSSR count). The summed E-state index contributed by atoms with van der Waals surface area (Å²) < 4.78 is 5.23. The average Bonchev–Trinajstić information content (AvgIpc) is 2.61. The van der Waals surface area contributed by atoms with Gasteiger partial charge in [-0.2, -0.15) is 5.10 Å². The van der Waals surface area contributed by atoms with Crippen molar-refractivity contribution in [3.05, 3.63) is 59.6 Å². The molecule has 1 fully saturated rings. The van der Waals surface area contributed by atoms with Gasteiger partial charge in [0.15, 0.2) is 0 Å². The maximum Gasteiger partial charge on any atom is 0.207 e. The molecule has 1 heterocycles. The van der Waals surface area contributed by atoms with Crippen LogP contribution in [0.5, 0.6) is 0 Å². The molecule has 0 spiro atoms. The maximum atomic E-state index is 5.23. The van der Waals surface area contributed by atoms with Crippen LogP contribution in [0, 0.1) is 13.8 Å². The van der Waals surface area contributed by atoms with E-state index in [9.17, 15) is 0 Å². The van der Waals surface area contributed by atoms with Gasteiger partial charge >= 0.3 is 0 Å². The highest BCUT2D eigenvalue weighted by Gasteiger charge is 2.19. The fraction of sp³-hybridized carbons (Fsp3) is 0.214. The summed E-state index contributed by atoms with van der Waals surface area (Å²) in [6.45, 7) is 12.3. The summed E-state index contributed by atoms with van der Waals surface area (Å²) in [5, 5.41) is 5.93. The van der Waals surface area contributed by atoms with Gasteiger partial charge in [0.05, 0.1) is 11.9 Å². The van der Waals surface area contributed by atoms with Gasteiger partial charge in [-0.1, -0.05) is 24.8 Å². The fourth-order valence-corrected chi connectivity index (χ4v) is 1.58. The Morgan fingerprint density at radius 3 is 2.65 bits per heavy atom. The third kappa shape index (κ3) is 2.38. The van der Waals surface area contributed by atoms with Gasteiger partial charge in [-0.25, -0.2) is 5.01 Å². The van der Waals surface area contributed by atoms with E-state index in [0.717, 1.165) is 11.3 Å². The maximum absolute atomic E-state index is 5.23. The molecule has 1 aromatic carbocycles. The van der Waals surface area contributed by atoms with E-state index in [1.165, 1.54) is 11.1 Å². The lowest BCUT2D eigenvalue weighted by molar-refractivity contribution is 0.239. The van der Waals surface area contributed by atoms with E-state index < -0.39 is 0 Å². The standard InChI is InChI=1S/C14H16N2O/c1-10-5-6-14(7-11(10)2)8-15-16-12(3)9-17-13(16)4/h5-8H,3-4,9H2,1-2H3. The second kappa shape index (κ2) is 4.45. The lowest BCUT2D eigenvalue weighted by Gasteiger charge is -2.09. The molecule has 0 bridgehead atoms. The molecule has 0 saturated carbocycles. The van der Waals surface area contributed by atoms with Crippen molar-refractivity contribution in [1.29, 1.82) is 0 Å². The summed E-state index contributed by atoms with van der Waals surface area (Å²) in [6, 6.07) is 6.22. The zero-order valence-corrected chi connectivity index (χ0v) is 10.2. The lowest BCUT2D eigenvalue weighted by atomic mass is 10.1. The van der Waals surface area contributed by atoms with Gasteiger partial charge in [-0.05, 0) is 37.1 Å². The Bertz CT molecular complexity index is 487. The molecule has 0 atom stereocenters. The topological polar surface area (TPSA) is 24.8 Å². The summed E-state index contributed by atoms with van der Waals surface area (Å²) in [6.07, 6.45) is 1.79. The number of ether oxygens (including phenoxy) is 1. The number of aryl methyl sites for hydroxylation is 2. The van der Waals surface area contributed by atoms with Gasteiger partial charge in [0.2, 0.25) is 5.88 Å². The van der Waals surface area contributed by atoms with E-state index >= 15 is 0 Å². The van der Waals surface area contributed by atoms with E-state index in [0.29, 0.717) is 12.5 Å². The monoisotopic (exact) mass is 228 g/mol. The number of benzene rings is 1. The summed E-state index contributed by atoms with van der Waals surface area (Å²) >= 11 is 0. The van der Waals surface area contributed by atoms with Crippen molar-refractivity contribution < 1.29 is 4.74 Å². The molecule has 1 aliphatic rings. The number of nitrogens with zero attached hydrogens (tertiary/aromatic N) is 2. The van der Waals surface area contributed by atoms with E-state index in [2.05, 4.69) is 44.2 Å². The Hall–Kier alpha value is -2.03. The molecule has 17 heavy (non-hydrogen) atoms. The van der Waals surface area contributed by atoms with Crippen LogP contribution < -0.4 is 0 Å². The van der Waals surface area contributed by atoms with E-state index in [4.69, 9.17) is 4.74 Å². The van der Waals surface area contributed by atoms with E-state index in [1.54, 1.807) is 11.2 Å². The highest BCUT2D eigenvalue weighted by Crippen LogP contribution is 2.20. The van der Waals surface area contributed by atoms with Crippen LogP contribution in [-0.2, 0) is 4.74 Å². The highest BCUT2D eigenvalue weighted by atomic mass is 16.5. The Morgan fingerprint density at radius 1 is 1.29 bits per heavy atom. The molecule has 0 radical (unpaired) electrons. The average molecular weight is 228 g/mol. The van der Waals surface area contributed by atoms with Gasteiger partial charge in [0.1, 0.15) is 6.61 Å². The molecule has 88 valence electrons. The molecule has 3 nitrogen and oxygen atoms in total. The van der Waals surface area contributed by atoms with Crippen molar-refractivity contribution >= 4 is 6.21 Å². The molecule has 0 aromatic heterocycles. The van der Waals surface area contributed by atoms with Crippen molar-refractivity contribution in [3.8, 4) is 0 Å². The van der Waals surface area contributed by atoms with Crippen molar-refractivity contribution in [3.63, 3.8) is 0 Å². The van der Waals surface area contributed by atoms with Crippen LogP contribution in [0.15, 0.2) is 48.0 Å². The summed E-state index contributed by atoms with van der Waals surface area (Å²) in [5.41, 5.74) is 4.39. The molecule has 0 unspecified atom stereocenters. The molecule has 0 N–H and O–H groups in total. The summed E-state index contributed by atoms with van der Waals surface area (Å²) in [5.74, 6) is 0.523. The van der Waals surface area contributed by atoms with Crippen molar-refractivity contribution in [1.82, 2.24) is 5.01 Å². The minimum absolute atomic E-state index is 0.461. The number of hydrogen-bond acceptors (Lipinski definition) is 3. The molecule has 0 amide bonds. The Balaban J connectivity index is 2.17. The largest absolute Gasteiger partial charge is 0.472 e. The Labute approximate surface area is 102 Å². The molecular weight excluding hydrogens is 212 g/mol. The molecule has 3 heteroatoms. The van der Waals surface area contributed by atoms with Gasteiger partial charge in [0.25, 0.3) is 0 Å². The lowest BCUT2D eigenvalue weighted by Crippen LogP contribution is -2.07. The molecule has 0 aliphatic carbocycles. The van der Waals surface area contributed by atoms with Crippen LogP contribution >= 0.6 is 0 Å². The number of rotatable bonds is 2. The van der Waals surface area contributed by atoms with Crippen LogP contribution in [0.25, 0.3) is 0 Å². The van der Waals surface area contributed by atoms with Crippen LogP contribution in [0.1, 0.15) is 16.7 Å². The Kier molecular flexibility index (Phi) is 3.00. The van der Waals surface area contributed by atoms with Crippen LogP contribution in [0.4, 0.5) is 0 Å². The van der Waals surface area contributed by atoms with Gasteiger partial charge < -0.3 is 4.74 Å². The zero-order valence-electron chi connectivity index (χ0n) is 10.2. The summed E-state index contributed by atoms with van der Waals surface area (Å²) in [4.78, 5) is 0. The zero-order chi connectivity index (χ0) is 12.4. The van der Waals surface area contributed by atoms with Gasteiger partial charge in [-0.15, -0.1) is 0 Å². The Morgan fingerprint density at radius 2 is 2.06 bits per heavy atom. The minimum atomic E-state index is 0.461. The quantitative estimate of drug-likeness (QED) is 0.727. The first-order valence-electron chi connectivity index (χ1n) is 5.49. The van der Waals surface area contributed by atoms with E-state index in [-0.39, 0.29) is 0 Å². The first kappa shape index (κ1) is 11.5. The highest BCUT2D eigenvalue weighted by molar-refractivity contribution is 5.80. The molecule has 1 saturated heterocycles. The summed E-state index contributed by atoms with van der Waals surface area (Å²) in [7, 11) is 0. The van der Waals surface area contributed by atoms with Crippen molar-refractivity contribution in [2.45, 2.75) is 13.8 Å². The van der Waals surface area contributed by atoms with Crippen LogP contribution in [-0.4, -0.2) is 17.8 Å². The van der Waals surface area contributed by atoms with E-state index in [1.807, 2.05) is 6.07 Å². The predicted molar refractivity (Wildman–Crippen MR) is 69.6 cm³/mol. The first-order valence-corrected chi connectivity index (χ1v) is 5.49. The third-order valence-electron chi connectivity index (χ3n) is 2.79. The molecule has 1 aromatic rings. The number of hydrazone groups is 1. The van der Waals surface area contributed by atoms with Crippen LogP contribution in [0.3, 0.4) is 0 Å². The minimum Gasteiger partial charge on any atom is -0.472 e. The smallest absolute Gasteiger partial charge is 0.207 e. The normalized spacial score (nSPS) is 15.8. The molecule has 1 aliphatic heterocycles. The van der Waals surface area contributed by atoms with Gasteiger partial charge in [-0.3, -0.25) is 0 Å². The van der Waals surface area contributed by atoms with Crippen LogP contribution in [0.2, 0.25) is 0 Å². The molecular formula is C14H16N2O. The van der Waals surface area contributed by atoms with Crippen molar-refractivity contribution in [2.24, 2.45) is 5.10 Å². The van der Waals surface area contributed by atoms with Gasteiger partial charge in [0, 0.05) is 0 Å². The predicted octanol–water partition coefficient (Wildman–Crippen LogP) is 2.95.